The highest BCUT2D eigenvalue weighted by atomic mass is 127. The molecular weight excluding hydrogens is 401 g/mol. The summed E-state index contributed by atoms with van der Waals surface area (Å²) >= 11 is 7.39. The van der Waals surface area contributed by atoms with Crippen LogP contribution in [0.15, 0.2) is 15.9 Å². The molecule has 0 aliphatic heterocycles. The number of anilines is 1. The lowest BCUT2D eigenvalue weighted by Gasteiger charge is -2.07. The first-order chi connectivity index (χ1) is 7.63. The third-order valence-electron chi connectivity index (χ3n) is 2.07. The second kappa shape index (κ2) is 4.97. The van der Waals surface area contributed by atoms with E-state index >= 15 is 0 Å². The van der Waals surface area contributed by atoms with E-state index in [1.807, 2.05) is 25.4 Å². The van der Waals surface area contributed by atoms with E-state index in [1.54, 1.807) is 11.3 Å². The lowest BCUT2D eigenvalue weighted by atomic mass is 10.3. The summed E-state index contributed by atoms with van der Waals surface area (Å²) in [5.74, 6) is 1.65. The van der Waals surface area contributed by atoms with Gasteiger partial charge in [0.1, 0.15) is 5.82 Å². The Kier molecular flexibility index (Phi) is 3.81. The number of hydrogen-bond donors (Lipinski definition) is 1. The van der Waals surface area contributed by atoms with E-state index in [4.69, 9.17) is 0 Å². The fourth-order valence-electron chi connectivity index (χ4n) is 1.28. The number of nitrogens with zero attached hydrogens (tertiary/aromatic N) is 2. The lowest BCUT2D eigenvalue weighted by molar-refractivity contribution is 1.09. The number of rotatable bonds is 2. The van der Waals surface area contributed by atoms with Crippen LogP contribution < -0.4 is 5.32 Å². The van der Waals surface area contributed by atoms with Gasteiger partial charge in [0.2, 0.25) is 0 Å². The summed E-state index contributed by atoms with van der Waals surface area (Å²) in [5.41, 5.74) is 0.996. The van der Waals surface area contributed by atoms with Crippen molar-refractivity contribution in [1.82, 2.24) is 9.97 Å². The zero-order valence-electron chi connectivity index (χ0n) is 8.71. The minimum absolute atomic E-state index is 0.768. The first-order valence-corrected chi connectivity index (χ1v) is 7.34. The van der Waals surface area contributed by atoms with Crippen LogP contribution in [0.5, 0.6) is 0 Å². The Balaban J connectivity index is 2.59. The van der Waals surface area contributed by atoms with Gasteiger partial charge in [0.25, 0.3) is 0 Å². The van der Waals surface area contributed by atoms with E-state index in [2.05, 4.69) is 53.8 Å². The Morgan fingerprint density at radius 3 is 2.75 bits per heavy atom. The average molecular weight is 410 g/mol. The second-order valence-electron chi connectivity index (χ2n) is 3.14. The van der Waals surface area contributed by atoms with Crippen molar-refractivity contribution in [3.05, 3.63) is 25.2 Å². The lowest BCUT2D eigenvalue weighted by Crippen LogP contribution is -2.02. The third-order valence-corrected chi connectivity index (χ3v) is 5.20. The van der Waals surface area contributed by atoms with Crippen molar-refractivity contribution in [3.8, 4) is 10.7 Å². The normalized spacial score (nSPS) is 10.5. The Hall–Kier alpha value is -0.210. The highest BCUT2D eigenvalue weighted by Crippen LogP contribution is 2.32. The van der Waals surface area contributed by atoms with Crippen LogP contribution in [0.1, 0.15) is 5.69 Å². The number of nitrogens with one attached hydrogen (secondary N) is 1. The van der Waals surface area contributed by atoms with Crippen molar-refractivity contribution in [3.63, 3.8) is 0 Å². The maximum absolute atomic E-state index is 4.51. The van der Waals surface area contributed by atoms with Crippen LogP contribution in [0.2, 0.25) is 0 Å². The van der Waals surface area contributed by atoms with Crippen LogP contribution in [0.3, 0.4) is 0 Å². The highest BCUT2D eigenvalue weighted by Gasteiger charge is 2.12. The first-order valence-electron chi connectivity index (χ1n) is 4.58. The summed E-state index contributed by atoms with van der Waals surface area (Å²) < 4.78 is 2.11. The van der Waals surface area contributed by atoms with Crippen molar-refractivity contribution in [2.24, 2.45) is 0 Å². The monoisotopic (exact) mass is 409 g/mol. The molecule has 0 aliphatic carbocycles. The topological polar surface area (TPSA) is 37.8 Å². The maximum Gasteiger partial charge on any atom is 0.173 e. The first kappa shape index (κ1) is 12.3. The molecule has 2 aromatic heterocycles. The van der Waals surface area contributed by atoms with Gasteiger partial charge in [-0.2, -0.15) is 0 Å². The highest BCUT2D eigenvalue weighted by molar-refractivity contribution is 14.1. The summed E-state index contributed by atoms with van der Waals surface area (Å²) in [4.78, 5) is 10.1. The summed E-state index contributed by atoms with van der Waals surface area (Å²) in [6.45, 7) is 2.00. The maximum atomic E-state index is 4.51. The van der Waals surface area contributed by atoms with Gasteiger partial charge in [0.05, 0.1) is 14.1 Å². The van der Waals surface area contributed by atoms with Gasteiger partial charge in [-0.05, 0) is 56.9 Å². The van der Waals surface area contributed by atoms with Gasteiger partial charge >= 0.3 is 0 Å². The van der Waals surface area contributed by atoms with Crippen LogP contribution in [-0.4, -0.2) is 17.0 Å². The largest absolute Gasteiger partial charge is 0.372 e. The number of halogens is 2. The van der Waals surface area contributed by atoms with Gasteiger partial charge < -0.3 is 5.32 Å². The predicted molar refractivity (Wildman–Crippen MR) is 80.0 cm³/mol. The second-order valence-corrected chi connectivity index (χ2v) is 5.99. The fourth-order valence-corrected chi connectivity index (χ4v) is 3.27. The van der Waals surface area contributed by atoms with Crippen LogP contribution in [-0.2, 0) is 0 Å². The zero-order chi connectivity index (χ0) is 11.7. The molecule has 0 amide bonds. The summed E-state index contributed by atoms with van der Waals surface area (Å²) in [5, 5.41) is 5.11. The molecule has 84 valence electrons. The van der Waals surface area contributed by atoms with E-state index in [0.717, 1.165) is 30.3 Å². The molecule has 0 fully saturated rings. The summed E-state index contributed by atoms with van der Waals surface area (Å²) in [6, 6.07) is 2.01. The molecule has 0 atom stereocenters. The molecule has 1 N–H and O–H groups in total. The molecule has 0 bridgehead atoms. The number of aromatic nitrogens is 2. The quantitative estimate of drug-likeness (QED) is 0.764. The Labute approximate surface area is 120 Å². The van der Waals surface area contributed by atoms with Crippen molar-refractivity contribution in [1.29, 1.82) is 0 Å². The standard InChI is InChI=1S/C10H9BrIN3S/c1-5-7(12)9(13-2)15-10(14-5)8-6(11)3-4-16-8/h3-4H,1-2H3,(H,13,14,15). The number of aryl methyl sites for hydroxylation is 1. The molecule has 0 aromatic carbocycles. The molecule has 0 spiro atoms. The van der Waals surface area contributed by atoms with E-state index in [-0.39, 0.29) is 0 Å². The van der Waals surface area contributed by atoms with Gasteiger partial charge in [-0.15, -0.1) is 11.3 Å². The molecule has 0 saturated carbocycles. The van der Waals surface area contributed by atoms with Crippen molar-refractivity contribution >= 4 is 55.7 Å². The van der Waals surface area contributed by atoms with Crippen LogP contribution >= 0.6 is 49.9 Å². The number of hydrogen-bond acceptors (Lipinski definition) is 4. The Bertz CT molecular complexity index is 527. The average Bonchev–Trinajstić information content (AvgIpc) is 2.68. The minimum Gasteiger partial charge on any atom is -0.372 e. The van der Waals surface area contributed by atoms with Crippen LogP contribution in [0.25, 0.3) is 10.7 Å². The third kappa shape index (κ3) is 2.23. The Morgan fingerprint density at radius 1 is 1.44 bits per heavy atom. The molecule has 2 aromatic rings. The van der Waals surface area contributed by atoms with E-state index in [0.29, 0.717) is 0 Å². The number of thiophene rings is 1. The smallest absolute Gasteiger partial charge is 0.173 e. The summed E-state index contributed by atoms with van der Waals surface area (Å²) in [7, 11) is 1.87. The SMILES string of the molecule is CNc1nc(-c2sccc2Br)nc(C)c1I. The molecular formula is C10H9BrIN3S. The molecule has 0 aliphatic rings. The molecule has 0 saturated heterocycles. The molecule has 0 radical (unpaired) electrons. The zero-order valence-corrected chi connectivity index (χ0v) is 13.3. The van der Waals surface area contributed by atoms with E-state index < -0.39 is 0 Å². The van der Waals surface area contributed by atoms with Crippen molar-refractivity contribution < 1.29 is 0 Å². The molecule has 6 heteroatoms. The van der Waals surface area contributed by atoms with Gasteiger partial charge in [-0.3, -0.25) is 0 Å². The van der Waals surface area contributed by atoms with E-state index in [1.165, 1.54) is 0 Å². The minimum atomic E-state index is 0.768. The molecule has 3 nitrogen and oxygen atoms in total. The fraction of sp³-hybridized carbons (Fsp3) is 0.200. The molecule has 0 unspecified atom stereocenters. The predicted octanol–water partition coefficient (Wildman–Crippen LogP) is 3.92. The van der Waals surface area contributed by atoms with Gasteiger partial charge in [-0.1, -0.05) is 0 Å². The van der Waals surface area contributed by atoms with Crippen molar-refractivity contribution in [2.45, 2.75) is 6.92 Å². The van der Waals surface area contributed by atoms with Crippen molar-refractivity contribution in [2.75, 3.05) is 12.4 Å². The van der Waals surface area contributed by atoms with Crippen LogP contribution in [0, 0.1) is 10.5 Å². The summed E-state index contributed by atoms with van der Waals surface area (Å²) in [6.07, 6.45) is 0. The van der Waals surface area contributed by atoms with Crippen LogP contribution in [0.4, 0.5) is 5.82 Å². The molecule has 2 rings (SSSR count). The van der Waals surface area contributed by atoms with Gasteiger partial charge in [-0.25, -0.2) is 9.97 Å². The van der Waals surface area contributed by atoms with E-state index in [9.17, 15) is 0 Å². The molecule has 2 heterocycles. The van der Waals surface area contributed by atoms with Gasteiger partial charge in [0, 0.05) is 11.5 Å². The Morgan fingerprint density at radius 2 is 2.19 bits per heavy atom. The van der Waals surface area contributed by atoms with Gasteiger partial charge in [0.15, 0.2) is 5.82 Å². The molecule has 16 heavy (non-hydrogen) atoms.